The molecule has 0 bridgehead atoms. The molecule has 0 saturated heterocycles. The minimum Gasteiger partial charge on any atom is -0.497 e. The molecule has 0 aliphatic carbocycles. The fraction of sp³-hybridized carbons (Fsp3) is 0.500. The zero-order valence-electron chi connectivity index (χ0n) is 16.5. The average Bonchev–Trinajstić information content (AvgIpc) is 3.07. The van der Waals surface area contributed by atoms with Crippen LogP contribution >= 0.6 is 35.3 Å². The van der Waals surface area contributed by atoms with Gasteiger partial charge in [0.05, 0.1) is 12.1 Å². The normalized spacial score (nSPS) is 11.0. The zero-order valence-corrected chi connectivity index (χ0v) is 19.6. The standard InChI is InChI=1S/C20H30N4OS.HI/c1-4-21-20(23-14-12-19-24-15-16(2)26-19)22-13-6-5-7-17-8-10-18(25-3)11-9-17;/h8-11,15H,4-7,12-14H2,1-3H3,(H2,21,22,23);1H. The molecule has 0 spiro atoms. The number of rotatable bonds is 10. The molecule has 7 heteroatoms. The molecule has 0 aliphatic heterocycles. The topological polar surface area (TPSA) is 58.5 Å². The van der Waals surface area contributed by atoms with E-state index in [9.17, 15) is 0 Å². The number of aliphatic imine (C=N–C) groups is 1. The summed E-state index contributed by atoms with van der Waals surface area (Å²) in [6, 6.07) is 8.30. The number of methoxy groups -OCH3 is 1. The predicted molar refractivity (Wildman–Crippen MR) is 126 cm³/mol. The maximum absolute atomic E-state index is 5.19. The maximum Gasteiger partial charge on any atom is 0.191 e. The van der Waals surface area contributed by atoms with E-state index in [0.717, 1.165) is 57.0 Å². The highest BCUT2D eigenvalue weighted by Gasteiger charge is 2.01. The molecule has 0 aliphatic rings. The highest BCUT2D eigenvalue weighted by atomic mass is 127. The SMILES string of the molecule is CCNC(=NCCCCc1ccc(OC)cc1)NCCc1ncc(C)s1.I. The Kier molecular flexibility index (Phi) is 12.1. The van der Waals surface area contributed by atoms with Crippen molar-refractivity contribution in [2.75, 3.05) is 26.7 Å². The number of hydrogen-bond acceptors (Lipinski definition) is 4. The Balaban J connectivity index is 0.00000364. The van der Waals surface area contributed by atoms with Crippen molar-refractivity contribution in [3.05, 3.63) is 45.9 Å². The van der Waals surface area contributed by atoms with Crippen LogP contribution in [-0.2, 0) is 12.8 Å². The molecular formula is C20H31IN4OS. The van der Waals surface area contributed by atoms with E-state index < -0.39 is 0 Å². The zero-order chi connectivity index (χ0) is 18.6. The van der Waals surface area contributed by atoms with Gasteiger partial charge in [0.25, 0.3) is 0 Å². The Morgan fingerprint density at radius 1 is 1.15 bits per heavy atom. The first-order valence-electron chi connectivity index (χ1n) is 9.27. The second-order valence-electron chi connectivity index (χ2n) is 6.11. The molecule has 27 heavy (non-hydrogen) atoms. The minimum absolute atomic E-state index is 0. The number of guanidine groups is 1. The van der Waals surface area contributed by atoms with Crippen molar-refractivity contribution >= 4 is 41.3 Å². The fourth-order valence-electron chi connectivity index (χ4n) is 2.57. The van der Waals surface area contributed by atoms with Crippen LogP contribution in [0.1, 0.15) is 35.2 Å². The highest BCUT2D eigenvalue weighted by Crippen LogP contribution is 2.13. The van der Waals surface area contributed by atoms with Crippen molar-refractivity contribution in [3.8, 4) is 5.75 Å². The van der Waals surface area contributed by atoms with Crippen LogP contribution in [-0.4, -0.2) is 37.7 Å². The van der Waals surface area contributed by atoms with Gasteiger partial charge < -0.3 is 15.4 Å². The van der Waals surface area contributed by atoms with Crippen LogP contribution in [0.25, 0.3) is 0 Å². The summed E-state index contributed by atoms with van der Waals surface area (Å²) in [6.45, 7) is 6.73. The molecule has 0 fully saturated rings. The number of aryl methyl sites for hydroxylation is 2. The summed E-state index contributed by atoms with van der Waals surface area (Å²) >= 11 is 1.76. The van der Waals surface area contributed by atoms with Gasteiger partial charge in [-0.15, -0.1) is 35.3 Å². The first kappa shape index (κ1) is 23.7. The van der Waals surface area contributed by atoms with Crippen molar-refractivity contribution in [2.24, 2.45) is 4.99 Å². The number of nitrogens with zero attached hydrogens (tertiary/aromatic N) is 2. The number of nitrogens with one attached hydrogen (secondary N) is 2. The van der Waals surface area contributed by atoms with Gasteiger partial charge in [0.1, 0.15) is 5.75 Å². The lowest BCUT2D eigenvalue weighted by Crippen LogP contribution is -2.38. The van der Waals surface area contributed by atoms with Gasteiger partial charge in [0.2, 0.25) is 0 Å². The third-order valence-electron chi connectivity index (χ3n) is 3.95. The van der Waals surface area contributed by atoms with E-state index in [-0.39, 0.29) is 24.0 Å². The first-order chi connectivity index (χ1) is 12.7. The molecular weight excluding hydrogens is 471 g/mol. The molecule has 0 radical (unpaired) electrons. The van der Waals surface area contributed by atoms with Crippen LogP contribution in [0.3, 0.4) is 0 Å². The summed E-state index contributed by atoms with van der Waals surface area (Å²) in [4.78, 5) is 10.3. The van der Waals surface area contributed by atoms with Crippen LogP contribution in [0.15, 0.2) is 35.5 Å². The molecule has 2 N–H and O–H groups in total. The van der Waals surface area contributed by atoms with Gasteiger partial charge in [-0.2, -0.15) is 0 Å². The predicted octanol–water partition coefficient (Wildman–Crippen LogP) is 4.20. The van der Waals surface area contributed by atoms with E-state index in [1.807, 2.05) is 18.3 Å². The van der Waals surface area contributed by atoms with E-state index >= 15 is 0 Å². The fourth-order valence-corrected chi connectivity index (χ4v) is 3.36. The van der Waals surface area contributed by atoms with Gasteiger partial charge in [-0.1, -0.05) is 12.1 Å². The van der Waals surface area contributed by atoms with Crippen LogP contribution in [0, 0.1) is 6.92 Å². The molecule has 1 heterocycles. The Hall–Kier alpha value is -1.35. The van der Waals surface area contributed by atoms with Crippen LogP contribution in [0.2, 0.25) is 0 Å². The maximum atomic E-state index is 5.19. The Morgan fingerprint density at radius 3 is 2.56 bits per heavy atom. The number of ether oxygens (including phenoxy) is 1. The van der Waals surface area contributed by atoms with Crippen molar-refractivity contribution < 1.29 is 4.74 Å². The number of hydrogen-bond donors (Lipinski definition) is 2. The van der Waals surface area contributed by atoms with E-state index in [1.165, 1.54) is 15.4 Å². The molecule has 2 aromatic rings. The smallest absolute Gasteiger partial charge is 0.191 e. The highest BCUT2D eigenvalue weighted by molar-refractivity contribution is 14.0. The largest absolute Gasteiger partial charge is 0.497 e. The van der Waals surface area contributed by atoms with E-state index in [2.05, 4.69) is 46.6 Å². The summed E-state index contributed by atoms with van der Waals surface area (Å²) in [6.07, 6.45) is 6.15. The number of halogens is 1. The molecule has 0 saturated carbocycles. The van der Waals surface area contributed by atoms with Crippen LogP contribution < -0.4 is 15.4 Å². The molecule has 2 rings (SSSR count). The number of thiazole rings is 1. The summed E-state index contributed by atoms with van der Waals surface area (Å²) in [5.41, 5.74) is 1.35. The van der Waals surface area contributed by atoms with Crippen molar-refractivity contribution in [2.45, 2.75) is 39.5 Å². The summed E-state index contributed by atoms with van der Waals surface area (Å²) < 4.78 is 5.19. The number of unbranched alkanes of at least 4 members (excludes halogenated alkanes) is 1. The van der Waals surface area contributed by atoms with Gasteiger partial charge in [-0.3, -0.25) is 4.99 Å². The monoisotopic (exact) mass is 502 g/mol. The molecule has 1 aromatic heterocycles. The van der Waals surface area contributed by atoms with Crippen LogP contribution in [0.5, 0.6) is 5.75 Å². The summed E-state index contributed by atoms with van der Waals surface area (Å²) in [5, 5.41) is 7.87. The van der Waals surface area contributed by atoms with Gasteiger partial charge >= 0.3 is 0 Å². The van der Waals surface area contributed by atoms with Gasteiger partial charge in [0.15, 0.2) is 5.96 Å². The quantitative estimate of drug-likeness (QED) is 0.221. The van der Waals surface area contributed by atoms with E-state index in [1.54, 1.807) is 18.4 Å². The second-order valence-corrected chi connectivity index (χ2v) is 7.43. The molecule has 5 nitrogen and oxygen atoms in total. The lowest BCUT2D eigenvalue weighted by molar-refractivity contribution is 0.414. The van der Waals surface area contributed by atoms with E-state index in [0.29, 0.717) is 0 Å². The van der Waals surface area contributed by atoms with Crippen molar-refractivity contribution in [1.29, 1.82) is 0 Å². The summed E-state index contributed by atoms with van der Waals surface area (Å²) in [5.74, 6) is 1.80. The Bertz CT molecular complexity index is 673. The molecule has 0 unspecified atom stereocenters. The lowest BCUT2D eigenvalue weighted by atomic mass is 10.1. The third kappa shape index (κ3) is 9.41. The molecule has 0 atom stereocenters. The number of aromatic nitrogens is 1. The van der Waals surface area contributed by atoms with Gasteiger partial charge in [-0.05, 0) is 50.8 Å². The Labute approximate surface area is 184 Å². The Morgan fingerprint density at radius 2 is 1.93 bits per heavy atom. The lowest BCUT2D eigenvalue weighted by Gasteiger charge is -2.10. The van der Waals surface area contributed by atoms with E-state index in [4.69, 9.17) is 4.74 Å². The number of benzene rings is 1. The minimum atomic E-state index is 0. The van der Waals surface area contributed by atoms with Gasteiger partial charge in [0, 0.05) is 37.1 Å². The van der Waals surface area contributed by atoms with Crippen LogP contribution in [0.4, 0.5) is 0 Å². The first-order valence-corrected chi connectivity index (χ1v) is 10.1. The molecule has 150 valence electrons. The molecule has 0 amide bonds. The van der Waals surface area contributed by atoms with Gasteiger partial charge in [-0.25, -0.2) is 4.98 Å². The molecule has 1 aromatic carbocycles. The van der Waals surface area contributed by atoms with Crippen molar-refractivity contribution in [3.63, 3.8) is 0 Å². The summed E-state index contributed by atoms with van der Waals surface area (Å²) in [7, 11) is 1.70. The van der Waals surface area contributed by atoms with Crippen molar-refractivity contribution in [1.82, 2.24) is 15.6 Å². The average molecular weight is 502 g/mol. The third-order valence-corrected chi connectivity index (χ3v) is 4.92. The second kappa shape index (κ2) is 13.8.